The van der Waals surface area contributed by atoms with E-state index in [1.807, 2.05) is 5.32 Å². The van der Waals surface area contributed by atoms with Gasteiger partial charge in [-0.15, -0.1) is 11.6 Å². The van der Waals surface area contributed by atoms with Gasteiger partial charge in [0.15, 0.2) is 0 Å². The molecule has 9 heteroatoms. The van der Waals surface area contributed by atoms with Crippen molar-refractivity contribution in [2.45, 2.75) is 6.18 Å². The van der Waals surface area contributed by atoms with Gasteiger partial charge in [0, 0.05) is 5.02 Å². The van der Waals surface area contributed by atoms with Crippen LogP contribution in [0.1, 0.15) is 5.56 Å². The number of amides is 3. The number of halogens is 5. The number of rotatable bonds is 2. The summed E-state index contributed by atoms with van der Waals surface area (Å²) in [6, 6.07) is 1.56. The van der Waals surface area contributed by atoms with E-state index >= 15 is 0 Å². The predicted molar refractivity (Wildman–Crippen MR) is 64.3 cm³/mol. The van der Waals surface area contributed by atoms with Crippen LogP contribution in [-0.2, 0) is 11.0 Å². The third-order valence-electron chi connectivity index (χ3n) is 1.91. The summed E-state index contributed by atoms with van der Waals surface area (Å²) in [4.78, 5) is 22.1. The molecule has 0 aliphatic carbocycles. The molecular formula is C10H7Cl2F3N2O2. The summed E-state index contributed by atoms with van der Waals surface area (Å²) in [5, 5.41) is 3.64. The number of benzene rings is 1. The number of imide groups is 1. The van der Waals surface area contributed by atoms with E-state index in [2.05, 4.69) is 0 Å². The molecule has 0 saturated heterocycles. The third-order valence-corrected chi connectivity index (χ3v) is 2.39. The van der Waals surface area contributed by atoms with Crippen molar-refractivity contribution in [1.82, 2.24) is 5.32 Å². The van der Waals surface area contributed by atoms with Gasteiger partial charge in [-0.05, 0) is 18.2 Å². The van der Waals surface area contributed by atoms with Crippen molar-refractivity contribution in [3.8, 4) is 0 Å². The number of alkyl halides is 4. The summed E-state index contributed by atoms with van der Waals surface area (Å²) in [7, 11) is 0. The highest BCUT2D eigenvalue weighted by Gasteiger charge is 2.34. The molecule has 0 aromatic heterocycles. The van der Waals surface area contributed by atoms with Gasteiger partial charge in [0.2, 0.25) is 5.91 Å². The third kappa shape index (κ3) is 4.60. The van der Waals surface area contributed by atoms with E-state index in [1.165, 1.54) is 0 Å². The van der Waals surface area contributed by atoms with Crippen molar-refractivity contribution >= 4 is 40.8 Å². The van der Waals surface area contributed by atoms with E-state index in [4.69, 9.17) is 23.2 Å². The maximum Gasteiger partial charge on any atom is 0.418 e. The lowest BCUT2D eigenvalue weighted by molar-refractivity contribution is -0.136. The van der Waals surface area contributed by atoms with Crippen LogP contribution in [0.5, 0.6) is 0 Å². The van der Waals surface area contributed by atoms with Gasteiger partial charge >= 0.3 is 12.2 Å². The SMILES string of the molecule is O=C(CCl)NC(=O)Nc1cc(Cl)ccc1C(F)(F)F. The Labute approximate surface area is 115 Å². The number of carbonyl (C=O) groups excluding carboxylic acids is 2. The van der Waals surface area contributed by atoms with Crippen molar-refractivity contribution < 1.29 is 22.8 Å². The Kier molecular flexibility index (Phi) is 5.02. The summed E-state index contributed by atoms with van der Waals surface area (Å²) in [6.45, 7) is 0. The lowest BCUT2D eigenvalue weighted by Crippen LogP contribution is -2.35. The highest BCUT2D eigenvalue weighted by molar-refractivity contribution is 6.31. The van der Waals surface area contributed by atoms with Gasteiger partial charge in [0.25, 0.3) is 0 Å². The molecule has 0 fully saturated rings. The van der Waals surface area contributed by atoms with Crippen LogP contribution in [0.3, 0.4) is 0 Å². The standard InChI is InChI=1S/C10H7Cl2F3N2O2/c11-4-8(18)17-9(19)16-7-3-5(12)1-2-6(7)10(13,14)15/h1-3H,4H2,(H2,16,17,18,19). The first kappa shape index (κ1) is 15.6. The molecule has 4 nitrogen and oxygen atoms in total. The zero-order chi connectivity index (χ0) is 14.6. The molecule has 104 valence electrons. The van der Waals surface area contributed by atoms with Crippen molar-refractivity contribution in [2.24, 2.45) is 0 Å². The number of urea groups is 1. The maximum atomic E-state index is 12.7. The van der Waals surface area contributed by atoms with Crippen LogP contribution >= 0.6 is 23.2 Å². The Balaban J connectivity index is 2.96. The lowest BCUT2D eigenvalue weighted by atomic mass is 10.1. The molecule has 0 radical (unpaired) electrons. The first-order valence-corrected chi connectivity index (χ1v) is 5.69. The van der Waals surface area contributed by atoms with E-state index in [0.717, 1.165) is 18.2 Å². The highest BCUT2D eigenvalue weighted by Crippen LogP contribution is 2.36. The van der Waals surface area contributed by atoms with Gasteiger partial charge < -0.3 is 5.32 Å². The first-order chi connectivity index (χ1) is 8.74. The van der Waals surface area contributed by atoms with Gasteiger partial charge in [0.1, 0.15) is 5.88 Å². The Morgan fingerprint density at radius 1 is 1.26 bits per heavy atom. The molecule has 0 aliphatic heterocycles. The van der Waals surface area contributed by atoms with E-state index in [-0.39, 0.29) is 5.02 Å². The summed E-state index contributed by atoms with van der Waals surface area (Å²) < 4.78 is 38.0. The van der Waals surface area contributed by atoms with Crippen LogP contribution in [0.4, 0.5) is 23.7 Å². The summed E-state index contributed by atoms with van der Waals surface area (Å²) in [5.41, 5.74) is -1.63. The Morgan fingerprint density at radius 3 is 2.42 bits per heavy atom. The largest absolute Gasteiger partial charge is 0.418 e. The van der Waals surface area contributed by atoms with Crippen LogP contribution in [0.15, 0.2) is 18.2 Å². The molecule has 1 aromatic rings. The molecule has 19 heavy (non-hydrogen) atoms. The number of hydrogen-bond donors (Lipinski definition) is 2. The van der Waals surface area contributed by atoms with Crippen LogP contribution in [0, 0.1) is 0 Å². The molecule has 0 atom stereocenters. The molecule has 0 unspecified atom stereocenters. The monoisotopic (exact) mass is 314 g/mol. The highest BCUT2D eigenvalue weighted by atomic mass is 35.5. The quantitative estimate of drug-likeness (QED) is 0.823. The minimum absolute atomic E-state index is 0.00645. The van der Waals surface area contributed by atoms with Gasteiger partial charge in [-0.25, -0.2) is 4.79 Å². The van der Waals surface area contributed by atoms with Crippen LogP contribution < -0.4 is 10.6 Å². The fourth-order valence-electron chi connectivity index (χ4n) is 1.18. The van der Waals surface area contributed by atoms with E-state index in [0.29, 0.717) is 0 Å². The molecule has 0 aliphatic rings. The maximum absolute atomic E-state index is 12.7. The molecule has 1 aromatic carbocycles. The van der Waals surface area contributed by atoms with Crippen molar-refractivity contribution in [3.63, 3.8) is 0 Å². The number of hydrogen-bond acceptors (Lipinski definition) is 2. The van der Waals surface area contributed by atoms with Crippen molar-refractivity contribution in [2.75, 3.05) is 11.2 Å². The van der Waals surface area contributed by atoms with Crippen molar-refractivity contribution in [3.05, 3.63) is 28.8 Å². The minimum Gasteiger partial charge on any atom is -0.307 e. The number of anilines is 1. The molecular weight excluding hydrogens is 308 g/mol. The van der Waals surface area contributed by atoms with Crippen molar-refractivity contribution in [1.29, 1.82) is 0 Å². The number of carbonyl (C=O) groups is 2. The average molecular weight is 315 g/mol. The Hall–Kier alpha value is -1.47. The summed E-state index contributed by atoms with van der Waals surface area (Å²) in [5.74, 6) is -1.33. The molecule has 0 saturated carbocycles. The fraction of sp³-hybridized carbons (Fsp3) is 0.200. The molecule has 0 heterocycles. The minimum atomic E-state index is -4.66. The van der Waals surface area contributed by atoms with Crippen LogP contribution in [0.2, 0.25) is 5.02 Å². The normalized spacial score (nSPS) is 11.0. The Bertz CT molecular complexity index is 506. The predicted octanol–water partition coefficient (Wildman–Crippen LogP) is 3.25. The van der Waals surface area contributed by atoms with Crippen LogP contribution in [-0.4, -0.2) is 17.8 Å². The van der Waals surface area contributed by atoms with Gasteiger partial charge in [-0.2, -0.15) is 13.2 Å². The topological polar surface area (TPSA) is 58.2 Å². The molecule has 3 amide bonds. The summed E-state index contributed by atoms with van der Waals surface area (Å²) in [6.07, 6.45) is -4.66. The second kappa shape index (κ2) is 6.12. The zero-order valence-corrected chi connectivity index (χ0v) is 10.7. The van der Waals surface area contributed by atoms with E-state index < -0.39 is 35.2 Å². The molecule has 1 rings (SSSR count). The number of nitrogens with one attached hydrogen (secondary N) is 2. The lowest BCUT2D eigenvalue weighted by Gasteiger charge is -2.14. The molecule has 0 bridgehead atoms. The first-order valence-electron chi connectivity index (χ1n) is 4.77. The van der Waals surface area contributed by atoms with Gasteiger partial charge in [-0.3, -0.25) is 10.1 Å². The second-order valence-corrected chi connectivity index (χ2v) is 4.03. The van der Waals surface area contributed by atoms with Crippen LogP contribution in [0.25, 0.3) is 0 Å². The smallest absolute Gasteiger partial charge is 0.307 e. The van der Waals surface area contributed by atoms with Gasteiger partial charge in [-0.1, -0.05) is 11.6 Å². The fourth-order valence-corrected chi connectivity index (χ4v) is 1.42. The Morgan fingerprint density at radius 2 is 1.89 bits per heavy atom. The van der Waals surface area contributed by atoms with Gasteiger partial charge in [0.05, 0.1) is 11.3 Å². The van der Waals surface area contributed by atoms with E-state index in [1.54, 1.807) is 5.32 Å². The second-order valence-electron chi connectivity index (χ2n) is 3.32. The summed E-state index contributed by atoms with van der Waals surface area (Å²) >= 11 is 10.7. The zero-order valence-electron chi connectivity index (χ0n) is 9.15. The van der Waals surface area contributed by atoms with E-state index in [9.17, 15) is 22.8 Å². The molecule has 0 spiro atoms. The average Bonchev–Trinajstić information content (AvgIpc) is 2.26. The molecule has 2 N–H and O–H groups in total.